The Morgan fingerprint density at radius 2 is 2.12 bits per heavy atom. The van der Waals surface area contributed by atoms with Crippen LogP contribution in [0.2, 0.25) is 0 Å². The van der Waals surface area contributed by atoms with Crippen LogP contribution < -0.4 is 5.32 Å². The third-order valence-electron chi connectivity index (χ3n) is 4.32. The zero-order valence-corrected chi connectivity index (χ0v) is 13.7. The number of nitrogens with one attached hydrogen (secondary N) is 1. The molecule has 3 atom stereocenters. The molecule has 1 amide bonds. The van der Waals surface area contributed by atoms with Crippen LogP contribution in [0.25, 0.3) is 11.0 Å². The first-order valence-corrected chi connectivity index (χ1v) is 8.16. The van der Waals surface area contributed by atoms with Crippen LogP contribution >= 0.6 is 0 Å². The van der Waals surface area contributed by atoms with E-state index in [2.05, 4.69) is 20.4 Å². The molecular weight excluding hydrogens is 338 g/mol. The molecule has 3 N–H and O–H groups in total. The first-order chi connectivity index (χ1) is 12.7. The highest BCUT2D eigenvalue weighted by Crippen LogP contribution is 2.31. The number of hydrogen-bond donors (Lipinski definition) is 3. The number of rotatable bonds is 4. The summed E-state index contributed by atoms with van der Waals surface area (Å²) in [6.07, 6.45) is 1.18. The van der Waals surface area contributed by atoms with Gasteiger partial charge in [-0.15, -0.1) is 0 Å². The molecule has 2 aromatic heterocycles. The fraction of sp³-hybridized carbons (Fsp3) is 0.294. The second-order valence-electron chi connectivity index (χ2n) is 5.98. The lowest BCUT2D eigenvalue weighted by Gasteiger charge is -2.13. The van der Waals surface area contributed by atoms with Crippen molar-refractivity contribution in [3.63, 3.8) is 0 Å². The summed E-state index contributed by atoms with van der Waals surface area (Å²) in [5.74, 6) is 0.0542. The lowest BCUT2D eigenvalue weighted by molar-refractivity contribution is -0.0470. The van der Waals surface area contributed by atoms with Crippen molar-refractivity contribution in [3.8, 4) is 0 Å². The van der Waals surface area contributed by atoms with Gasteiger partial charge in [-0.25, -0.2) is 14.6 Å². The molecule has 1 aliphatic rings. The maximum Gasteiger partial charge on any atom is 0.256 e. The van der Waals surface area contributed by atoms with Gasteiger partial charge >= 0.3 is 0 Å². The zero-order valence-electron chi connectivity index (χ0n) is 13.7. The summed E-state index contributed by atoms with van der Waals surface area (Å²) in [7, 11) is 0. The van der Waals surface area contributed by atoms with E-state index in [1.165, 1.54) is 17.2 Å². The molecule has 9 heteroatoms. The van der Waals surface area contributed by atoms with Gasteiger partial charge in [-0.05, 0) is 12.1 Å². The first kappa shape index (κ1) is 16.6. The molecule has 3 heterocycles. The van der Waals surface area contributed by atoms with Gasteiger partial charge in [-0.1, -0.05) is 18.2 Å². The smallest absolute Gasteiger partial charge is 0.256 e. The molecule has 3 aromatic rings. The fourth-order valence-corrected chi connectivity index (χ4v) is 2.97. The van der Waals surface area contributed by atoms with Gasteiger partial charge in [0.15, 0.2) is 11.9 Å². The van der Waals surface area contributed by atoms with Crippen molar-refractivity contribution in [2.75, 3.05) is 11.9 Å². The molecule has 1 aromatic carbocycles. The first-order valence-electron chi connectivity index (χ1n) is 8.16. The lowest BCUT2D eigenvalue weighted by atomic mass is 10.2. The van der Waals surface area contributed by atoms with Crippen LogP contribution in [0.1, 0.15) is 23.0 Å². The highest BCUT2D eigenvalue weighted by molar-refractivity contribution is 6.07. The number of benzene rings is 1. The predicted octanol–water partition coefficient (Wildman–Crippen LogP) is 0.719. The standard InChI is InChI=1S/C17H17N5O4/c23-8-13-12(24)6-14(26-13)22-16-11(7-20-22)15(18-9-19-16)21-17(25)10-4-2-1-3-5-10/h1-5,7,9,12-14,23-24H,6,8H2,(H,18,19,21,25)/t12-,13+,14+/m0/s1. The number of ether oxygens (including phenoxy) is 1. The molecular formula is C17H17N5O4. The Hall–Kier alpha value is -2.88. The van der Waals surface area contributed by atoms with Crippen LogP contribution in [0.5, 0.6) is 0 Å². The van der Waals surface area contributed by atoms with E-state index in [4.69, 9.17) is 4.74 Å². The van der Waals surface area contributed by atoms with E-state index >= 15 is 0 Å². The average molecular weight is 355 g/mol. The Morgan fingerprint density at radius 3 is 2.85 bits per heavy atom. The summed E-state index contributed by atoms with van der Waals surface area (Å²) in [6, 6.07) is 8.81. The molecule has 0 radical (unpaired) electrons. The largest absolute Gasteiger partial charge is 0.394 e. The minimum absolute atomic E-state index is 0.274. The van der Waals surface area contributed by atoms with Crippen molar-refractivity contribution in [1.82, 2.24) is 19.7 Å². The maximum atomic E-state index is 12.4. The molecule has 0 saturated carbocycles. The molecule has 134 valence electrons. The molecule has 1 aliphatic heterocycles. The SMILES string of the molecule is O=C(Nc1ncnc2c1cnn2[C@H]1C[C@H](O)[C@@H](CO)O1)c1ccccc1. The van der Waals surface area contributed by atoms with Crippen molar-refractivity contribution >= 4 is 22.8 Å². The van der Waals surface area contributed by atoms with E-state index < -0.39 is 18.4 Å². The van der Waals surface area contributed by atoms with Gasteiger partial charge in [0.2, 0.25) is 0 Å². The Bertz CT molecular complexity index is 929. The summed E-state index contributed by atoms with van der Waals surface area (Å²) in [6.45, 7) is -0.274. The topological polar surface area (TPSA) is 122 Å². The molecule has 9 nitrogen and oxygen atoms in total. The molecule has 0 aliphatic carbocycles. The maximum absolute atomic E-state index is 12.4. The van der Waals surface area contributed by atoms with E-state index in [9.17, 15) is 15.0 Å². The van der Waals surface area contributed by atoms with E-state index in [0.717, 1.165) is 0 Å². The van der Waals surface area contributed by atoms with Gasteiger partial charge in [0.25, 0.3) is 5.91 Å². The van der Waals surface area contributed by atoms with E-state index in [0.29, 0.717) is 22.4 Å². The van der Waals surface area contributed by atoms with Gasteiger partial charge in [-0.3, -0.25) is 4.79 Å². The molecule has 1 fully saturated rings. The van der Waals surface area contributed by atoms with Crippen LogP contribution in [0, 0.1) is 0 Å². The second kappa shape index (κ2) is 6.79. The Morgan fingerprint density at radius 1 is 1.31 bits per heavy atom. The summed E-state index contributed by atoms with van der Waals surface area (Å²) >= 11 is 0. The molecule has 26 heavy (non-hydrogen) atoms. The van der Waals surface area contributed by atoms with Crippen molar-refractivity contribution in [2.45, 2.75) is 24.9 Å². The molecule has 0 unspecified atom stereocenters. The van der Waals surface area contributed by atoms with Crippen LogP contribution in [-0.2, 0) is 4.74 Å². The number of carbonyl (C=O) groups excluding carboxylic acids is 1. The number of hydrogen-bond acceptors (Lipinski definition) is 7. The van der Waals surface area contributed by atoms with Crippen LogP contribution in [0.3, 0.4) is 0 Å². The summed E-state index contributed by atoms with van der Waals surface area (Å²) in [5, 5.41) is 26.7. The lowest BCUT2D eigenvalue weighted by Crippen LogP contribution is -2.24. The number of anilines is 1. The van der Waals surface area contributed by atoms with Crippen LogP contribution in [-0.4, -0.2) is 54.7 Å². The Kier molecular flexibility index (Phi) is 4.33. The fourth-order valence-electron chi connectivity index (χ4n) is 2.97. The van der Waals surface area contributed by atoms with E-state index in [-0.39, 0.29) is 18.9 Å². The van der Waals surface area contributed by atoms with Gasteiger partial charge in [-0.2, -0.15) is 5.10 Å². The quantitative estimate of drug-likeness (QED) is 0.630. The third-order valence-corrected chi connectivity index (χ3v) is 4.32. The van der Waals surface area contributed by atoms with E-state index in [1.54, 1.807) is 24.3 Å². The number of aromatic nitrogens is 4. The molecule has 4 rings (SSSR count). The highest BCUT2D eigenvalue weighted by Gasteiger charge is 2.35. The summed E-state index contributed by atoms with van der Waals surface area (Å²) in [5.41, 5.74) is 0.985. The molecule has 0 spiro atoms. The second-order valence-corrected chi connectivity index (χ2v) is 5.98. The number of nitrogens with zero attached hydrogens (tertiary/aromatic N) is 4. The Labute approximate surface area is 148 Å². The van der Waals surface area contributed by atoms with Gasteiger partial charge in [0.1, 0.15) is 18.2 Å². The predicted molar refractivity (Wildman–Crippen MR) is 91.3 cm³/mol. The minimum atomic E-state index is -0.775. The van der Waals surface area contributed by atoms with Gasteiger partial charge < -0.3 is 20.3 Å². The number of aliphatic hydroxyl groups excluding tert-OH is 2. The zero-order chi connectivity index (χ0) is 18.1. The molecule has 0 bridgehead atoms. The van der Waals surface area contributed by atoms with Crippen molar-refractivity contribution in [2.24, 2.45) is 0 Å². The normalized spacial score (nSPS) is 22.6. The van der Waals surface area contributed by atoms with E-state index in [1.807, 2.05) is 6.07 Å². The minimum Gasteiger partial charge on any atom is -0.394 e. The van der Waals surface area contributed by atoms with Crippen molar-refractivity contribution in [1.29, 1.82) is 0 Å². The van der Waals surface area contributed by atoms with Gasteiger partial charge in [0, 0.05) is 12.0 Å². The molecule has 1 saturated heterocycles. The summed E-state index contributed by atoms with van der Waals surface area (Å²) < 4.78 is 7.14. The van der Waals surface area contributed by atoms with Crippen LogP contribution in [0.15, 0.2) is 42.9 Å². The monoisotopic (exact) mass is 355 g/mol. The van der Waals surface area contributed by atoms with Gasteiger partial charge in [0.05, 0.1) is 24.3 Å². The van der Waals surface area contributed by atoms with Crippen molar-refractivity contribution < 1.29 is 19.7 Å². The Balaban J connectivity index is 1.63. The average Bonchev–Trinajstić information content (AvgIpc) is 3.26. The summed E-state index contributed by atoms with van der Waals surface area (Å²) in [4.78, 5) is 20.7. The number of aliphatic hydroxyl groups is 2. The van der Waals surface area contributed by atoms with Crippen LogP contribution in [0.4, 0.5) is 5.82 Å². The third kappa shape index (κ3) is 2.92. The van der Waals surface area contributed by atoms with Crippen molar-refractivity contribution in [3.05, 3.63) is 48.4 Å². The number of fused-ring (bicyclic) bond motifs is 1. The highest BCUT2D eigenvalue weighted by atomic mass is 16.5. The number of amides is 1. The number of carbonyl (C=O) groups is 1.